The van der Waals surface area contributed by atoms with Crippen molar-refractivity contribution in [2.75, 3.05) is 13.7 Å². The highest BCUT2D eigenvalue weighted by atomic mass is 32.1. The molecule has 0 fully saturated rings. The van der Waals surface area contributed by atoms with Crippen molar-refractivity contribution in [3.8, 4) is 22.3 Å². The largest absolute Gasteiger partial charge is 0.493 e. The van der Waals surface area contributed by atoms with Gasteiger partial charge in [-0.15, -0.1) is 11.3 Å². The zero-order valence-electron chi connectivity index (χ0n) is 16.9. The number of hydrogen-bond acceptors (Lipinski definition) is 7. The number of H-pyrrole nitrogens is 1. The van der Waals surface area contributed by atoms with Gasteiger partial charge in [0.1, 0.15) is 6.33 Å². The van der Waals surface area contributed by atoms with E-state index in [1.807, 2.05) is 30.5 Å². The summed E-state index contributed by atoms with van der Waals surface area (Å²) < 4.78 is 11.2. The molecular formula is C20H25N5O3S. The molecule has 2 heterocycles. The fourth-order valence-corrected chi connectivity index (χ4v) is 3.44. The molecule has 0 bridgehead atoms. The maximum Gasteiger partial charge on any atom is 0.226 e. The van der Waals surface area contributed by atoms with Gasteiger partial charge in [-0.3, -0.25) is 9.89 Å². The van der Waals surface area contributed by atoms with Gasteiger partial charge < -0.3 is 14.8 Å². The van der Waals surface area contributed by atoms with Crippen molar-refractivity contribution < 1.29 is 14.3 Å². The van der Waals surface area contributed by atoms with Crippen molar-refractivity contribution in [2.24, 2.45) is 5.92 Å². The fraction of sp³-hybridized carbons (Fsp3) is 0.400. The van der Waals surface area contributed by atoms with Crippen LogP contribution in [0.15, 0.2) is 29.9 Å². The molecule has 0 radical (unpaired) electrons. The molecule has 0 saturated heterocycles. The molecule has 1 aromatic carbocycles. The number of aromatic nitrogens is 4. The Kier molecular flexibility index (Phi) is 6.82. The minimum absolute atomic E-state index is 0.106. The van der Waals surface area contributed by atoms with Gasteiger partial charge in [0.05, 0.1) is 31.9 Å². The number of rotatable bonds is 9. The van der Waals surface area contributed by atoms with Crippen molar-refractivity contribution in [2.45, 2.75) is 33.2 Å². The summed E-state index contributed by atoms with van der Waals surface area (Å²) in [5.74, 6) is 2.27. The Morgan fingerprint density at radius 3 is 2.79 bits per heavy atom. The summed E-state index contributed by atoms with van der Waals surface area (Å²) in [5, 5.41) is 12.1. The van der Waals surface area contributed by atoms with Crippen LogP contribution < -0.4 is 14.8 Å². The number of nitrogens with one attached hydrogen (secondary N) is 2. The highest BCUT2D eigenvalue weighted by Gasteiger charge is 2.15. The van der Waals surface area contributed by atoms with E-state index in [4.69, 9.17) is 9.47 Å². The summed E-state index contributed by atoms with van der Waals surface area (Å²) in [6.45, 7) is 6.73. The Labute approximate surface area is 173 Å². The number of nitrogens with zero attached hydrogens (tertiary/aromatic N) is 3. The molecule has 0 spiro atoms. The predicted octanol–water partition coefficient (Wildman–Crippen LogP) is 3.39. The zero-order chi connectivity index (χ0) is 20.8. The van der Waals surface area contributed by atoms with E-state index in [0.29, 0.717) is 40.5 Å². The first-order valence-electron chi connectivity index (χ1n) is 9.36. The maximum atomic E-state index is 12.5. The van der Waals surface area contributed by atoms with Gasteiger partial charge in [0, 0.05) is 5.38 Å². The summed E-state index contributed by atoms with van der Waals surface area (Å²) in [6.07, 6.45) is 1.62. The topological polar surface area (TPSA) is 102 Å². The van der Waals surface area contributed by atoms with Crippen LogP contribution in [0.25, 0.3) is 10.8 Å². The molecule has 29 heavy (non-hydrogen) atoms. The second kappa shape index (κ2) is 9.51. The molecule has 9 heteroatoms. The molecule has 154 valence electrons. The second-order valence-corrected chi connectivity index (χ2v) is 7.92. The van der Waals surface area contributed by atoms with E-state index in [0.717, 1.165) is 5.56 Å². The Hall–Kier alpha value is -2.94. The molecule has 2 N–H and O–H groups in total. The van der Waals surface area contributed by atoms with E-state index in [1.54, 1.807) is 7.11 Å². The Morgan fingerprint density at radius 2 is 2.10 bits per heavy atom. The quantitative estimate of drug-likeness (QED) is 0.555. The number of carbonyl (C=O) groups is 1. The lowest BCUT2D eigenvalue weighted by Gasteiger charge is -2.17. The Morgan fingerprint density at radius 1 is 1.28 bits per heavy atom. The van der Waals surface area contributed by atoms with E-state index < -0.39 is 0 Å². The van der Waals surface area contributed by atoms with Crippen molar-refractivity contribution in [3.05, 3.63) is 41.2 Å². The van der Waals surface area contributed by atoms with Crippen molar-refractivity contribution in [3.63, 3.8) is 0 Å². The molecule has 0 aliphatic rings. The number of ether oxygens (including phenoxy) is 2. The molecule has 3 rings (SSSR count). The Bertz CT molecular complexity index is 940. The number of methoxy groups -OCH3 is 1. The number of hydrogen-bond donors (Lipinski definition) is 2. The molecule has 1 atom stereocenters. The summed E-state index contributed by atoms with van der Waals surface area (Å²) >= 11 is 1.42. The zero-order valence-corrected chi connectivity index (χ0v) is 17.7. The SMILES string of the molecule is COc1cc(C(C)NC(=O)Cc2csc(-c3ncn[nH]3)n2)ccc1OCC(C)C. The number of carbonyl (C=O) groups excluding carboxylic acids is 1. The first-order chi connectivity index (χ1) is 14.0. The van der Waals surface area contributed by atoms with Gasteiger partial charge in [0.15, 0.2) is 22.3 Å². The lowest BCUT2D eigenvalue weighted by atomic mass is 10.1. The molecule has 8 nitrogen and oxygen atoms in total. The normalized spacial score (nSPS) is 12.0. The first kappa shape index (κ1) is 20.8. The summed E-state index contributed by atoms with van der Waals surface area (Å²) in [6, 6.07) is 5.53. The Balaban J connectivity index is 1.60. The van der Waals surface area contributed by atoms with Crippen LogP contribution in [0, 0.1) is 5.92 Å². The lowest BCUT2D eigenvalue weighted by Crippen LogP contribution is -2.28. The average molecular weight is 416 g/mol. The van der Waals surface area contributed by atoms with Crippen molar-refractivity contribution in [1.82, 2.24) is 25.5 Å². The van der Waals surface area contributed by atoms with Crippen molar-refractivity contribution in [1.29, 1.82) is 0 Å². The third kappa shape index (κ3) is 5.54. The minimum atomic E-state index is -0.178. The van der Waals surface area contributed by atoms with E-state index in [1.165, 1.54) is 17.7 Å². The number of aromatic amines is 1. The van der Waals surface area contributed by atoms with Crippen LogP contribution in [-0.4, -0.2) is 39.8 Å². The highest BCUT2D eigenvalue weighted by Crippen LogP contribution is 2.30. The smallest absolute Gasteiger partial charge is 0.226 e. The van der Waals surface area contributed by atoms with Gasteiger partial charge in [-0.2, -0.15) is 5.10 Å². The minimum Gasteiger partial charge on any atom is -0.493 e. The van der Waals surface area contributed by atoms with Crippen LogP contribution in [0.1, 0.15) is 38.1 Å². The molecule has 1 unspecified atom stereocenters. The van der Waals surface area contributed by atoms with E-state index >= 15 is 0 Å². The number of amides is 1. The predicted molar refractivity (Wildman–Crippen MR) is 111 cm³/mol. The first-order valence-corrected chi connectivity index (χ1v) is 10.2. The van der Waals surface area contributed by atoms with E-state index in [9.17, 15) is 4.79 Å². The fourth-order valence-electron chi connectivity index (χ4n) is 2.68. The average Bonchev–Trinajstić information content (AvgIpc) is 3.37. The van der Waals surface area contributed by atoms with Crippen LogP contribution in [0.5, 0.6) is 11.5 Å². The molecule has 2 aromatic heterocycles. The molecule has 0 saturated carbocycles. The monoisotopic (exact) mass is 415 g/mol. The lowest BCUT2D eigenvalue weighted by molar-refractivity contribution is -0.121. The summed E-state index contributed by atoms with van der Waals surface area (Å²) in [4.78, 5) is 21.0. The number of thiazole rings is 1. The molecular weight excluding hydrogens is 390 g/mol. The van der Waals surface area contributed by atoms with Gasteiger partial charge in [0.2, 0.25) is 5.91 Å². The summed E-state index contributed by atoms with van der Waals surface area (Å²) in [7, 11) is 1.61. The van der Waals surface area contributed by atoms with Crippen LogP contribution in [0.4, 0.5) is 0 Å². The van der Waals surface area contributed by atoms with Gasteiger partial charge in [-0.25, -0.2) is 9.97 Å². The van der Waals surface area contributed by atoms with E-state index in [2.05, 4.69) is 39.3 Å². The highest BCUT2D eigenvalue weighted by molar-refractivity contribution is 7.13. The van der Waals surface area contributed by atoms with Gasteiger partial charge in [-0.05, 0) is 30.5 Å². The third-order valence-electron chi connectivity index (χ3n) is 4.15. The maximum absolute atomic E-state index is 12.5. The molecule has 1 amide bonds. The van der Waals surface area contributed by atoms with Gasteiger partial charge in [0.25, 0.3) is 0 Å². The van der Waals surface area contributed by atoms with Crippen LogP contribution in [0.2, 0.25) is 0 Å². The second-order valence-electron chi connectivity index (χ2n) is 7.06. The van der Waals surface area contributed by atoms with Crippen LogP contribution in [0.3, 0.4) is 0 Å². The molecule has 0 aliphatic carbocycles. The van der Waals surface area contributed by atoms with Gasteiger partial charge >= 0.3 is 0 Å². The molecule has 3 aromatic rings. The van der Waals surface area contributed by atoms with Crippen molar-refractivity contribution >= 4 is 17.2 Å². The van der Waals surface area contributed by atoms with Gasteiger partial charge in [-0.1, -0.05) is 19.9 Å². The van der Waals surface area contributed by atoms with Crippen LogP contribution in [-0.2, 0) is 11.2 Å². The molecule has 0 aliphatic heterocycles. The number of benzene rings is 1. The van der Waals surface area contributed by atoms with E-state index in [-0.39, 0.29) is 18.4 Å². The van der Waals surface area contributed by atoms with Crippen LogP contribution >= 0.6 is 11.3 Å². The third-order valence-corrected chi connectivity index (χ3v) is 5.05. The summed E-state index contributed by atoms with van der Waals surface area (Å²) in [5.41, 5.74) is 1.63. The standard InChI is InChI=1S/C20H25N5O3S/c1-12(2)9-28-16-6-5-14(7-17(16)27-4)13(3)23-18(26)8-15-10-29-20(24-15)19-21-11-22-25-19/h5-7,10-13H,8-9H2,1-4H3,(H,23,26)(H,21,22,25).